The number of halogens is 1. The normalized spacial score (nSPS) is 10.4. The Bertz CT molecular complexity index is 519. The van der Waals surface area contributed by atoms with Gasteiger partial charge in [0.1, 0.15) is 5.75 Å². The zero-order valence-corrected chi connectivity index (χ0v) is 12.1. The van der Waals surface area contributed by atoms with E-state index in [-0.39, 0.29) is 0 Å². The summed E-state index contributed by atoms with van der Waals surface area (Å²) in [6.45, 7) is 0.705. The Morgan fingerprint density at radius 1 is 1.11 bits per heavy atom. The molecular weight excluding hydrogens is 278 g/mol. The number of para-hydroxylation sites is 1. The summed E-state index contributed by atoms with van der Waals surface area (Å²) in [5.74, 6) is 1.87. The van der Waals surface area contributed by atoms with Crippen molar-refractivity contribution in [2.24, 2.45) is 0 Å². The second-order valence-electron chi connectivity index (χ2n) is 4.05. The molecule has 2 aromatic carbocycles. The molecule has 2 aromatic rings. The van der Waals surface area contributed by atoms with Crippen LogP contribution in [0.15, 0.2) is 53.4 Å². The predicted molar refractivity (Wildman–Crippen MR) is 83.1 cm³/mol. The first kappa shape index (κ1) is 14.1. The lowest BCUT2D eigenvalue weighted by Gasteiger charge is -2.07. The molecule has 0 amide bonds. The minimum Gasteiger partial charge on any atom is -0.494 e. The molecule has 0 fully saturated rings. The topological polar surface area (TPSA) is 35.2 Å². The summed E-state index contributed by atoms with van der Waals surface area (Å²) >= 11 is 7.80. The Labute approximate surface area is 122 Å². The van der Waals surface area contributed by atoms with Crippen LogP contribution >= 0.6 is 23.4 Å². The molecule has 0 aliphatic heterocycles. The van der Waals surface area contributed by atoms with E-state index in [2.05, 4.69) is 0 Å². The Balaban J connectivity index is 1.71. The van der Waals surface area contributed by atoms with Crippen molar-refractivity contribution in [2.45, 2.75) is 11.3 Å². The van der Waals surface area contributed by atoms with Gasteiger partial charge in [-0.2, -0.15) is 0 Å². The van der Waals surface area contributed by atoms with E-state index in [0.29, 0.717) is 6.61 Å². The van der Waals surface area contributed by atoms with Crippen LogP contribution in [0.2, 0.25) is 5.02 Å². The van der Waals surface area contributed by atoms with Crippen LogP contribution in [0.25, 0.3) is 0 Å². The van der Waals surface area contributed by atoms with Gasteiger partial charge in [-0.15, -0.1) is 11.8 Å². The molecule has 0 atom stereocenters. The lowest BCUT2D eigenvalue weighted by Crippen LogP contribution is -1.98. The zero-order chi connectivity index (χ0) is 13.5. The van der Waals surface area contributed by atoms with Gasteiger partial charge in [0.25, 0.3) is 0 Å². The summed E-state index contributed by atoms with van der Waals surface area (Å²) in [5, 5.41) is 0.753. The standard InChI is InChI=1S/C15H16ClNOS/c16-14-8-7-12(17)11-15(14)19-10-4-9-18-13-5-2-1-3-6-13/h1-3,5-8,11H,4,9-10,17H2. The van der Waals surface area contributed by atoms with Crippen LogP contribution < -0.4 is 10.5 Å². The Morgan fingerprint density at radius 3 is 2.68 bits per heavy atom. The first-order valence-electron chi connectivity index (χ1n) is 6.11. The Hall–Kier alpha value is -1.32. The number of rotatable bonds is 6. The van der Waals surface area contributed by atoms with E-state index in [4.69, 9.17) is 22.1 Å². The Kier molecular flexibility index (Phi) is 5.43. The van der Waals surface area contributed by atoms with E-state index >= 15 is 0 Å². The minimum absolute atomic E-state index is 0.705. The maximum absolute atomic E-state index is 6.10. The average Bonchev–Trinajstić information content (AvgIpc) is 2.43. The van der Waals surface area contributed by atoms with Crippen molar-refractivity contribution < 1.29 is 4.74 Å². The highest BCUT2D eigenvalue weighted by Crippen LogP contribution is 2.29. The summed E-state index contributed by atoms with van der Waals surface area (Å²) in [7, 11) is 0. The fraction of sp³-hybridized carbons (Fsp3) is 0.200. The smallest absolute Gasteiger partial charge is 0.119 e. The number of ether oxygens (including phenoxy) is 1. The van der Waals surface area contributed by atoms with Crippen LogP contribution in [0.4, 0.5) is 5.69 Å². The summed E-state index contributed by atoms with van der Waals surface area (Å²) < 4.78 is 5.63. The van der Waals surface area contributed by atoms with E-state index in [9.17, 15) is 0 Å². The molecule has 0 aliphatic rings. The highest BCUT2D eigenvalue weighted by Gasteiger charge is 2.01. The van der Waals surface area contributed by atoms with Crippen molar-refractivity contribution in [3.05, 3.63) is 53.6 Å². The number of thioether (sulfide) groups is 1. The molecule has 0 radical (unpaired) electrons. The molecule has 0 spiro atoms. The van der Waals surface area contributed by atoms with Gasteiger partial charge in [0.05, 0.1) is 11.6 Å². The van der Waals surface area contributed by atoms with Crippen LogP contribution in [0.1, 0.15) is 6.42 Å². The second-order valence-corrected chi connectivity index (χ2v) is 5.60. The van der Waals surface area contributed by atoms with Gasteiger partial charge < -0.3 is 10.5 Å². The molecule has 0 aliphatic carbocycles. The largest absolute Gasteiger partial charge is 0.494 e. The molecule has 2 N–H and O–H groups in total. The predicted octanol–water partition coefficient (Wildman–Crippen LogP) is 4.48. The van der Waals surface area contributed by atoms with Crippen molar-refractivity contribution in [3.63, 3.8) is 0 Å². The molecule has 0 bridgehead atoms. The molecule has 0 unspecified atom stereocenters. The zero-order valence-electron chi connectivity index (χ0n) is 10.5. The number of anilines is 1. The lowest BCUT2D eigenvalue weighted by molar-refractivity contribution is 0.319. The molecule has 19 heavy (non-hydrogen) atoms. The highest BCUT2D eigenvalue weighted by molar-refractivity contribution is 7.99. The van der Waals surface area contributed by atoms with Crippen molar-refractivity contribution >= 4 is 29.1 Å². The van der Waals surface area contributed by atoms with E-state index in [1.807, 2.05) is 48.5 Å². The summed E-state index contributed by atoms with van der Waals surface area (Å²) in [5.41, 5.74) is 6.48. The third-order valence-corrected chi connectivity index (χ3v) is 4.10. The van der Waals surface area contributed by atoms with Gasteiger partial charge in [0, 0.05) is 16.3 Å². The fourth-order valence-electron chi connectivity index (χ4n) is 1.58. The van der Waals surface area contributed by atoms with Gasteiger partial charge in [0.2, 0.25) is 0 Å². The van der Waals surface area contributed by atoms with E-state index in [1.54, 1.807) is 11.8 Å². The van der Waals surface area contributed by atoms with Gasteiger partial charge >= 0.3 is 0 Å². The second kappa shape index (κ2) is 7.31. The SMILES string of the molecule is Nc1ccc(Cl)c(SCCCOc2ccccc2)c1. The van der Waals surface area contributed by atoms with Crippen LogP contribution in [0.3, 0.4) is 0 Å². The monoisotopic (exact) mass is 293 g/mol. The fourth-order valence-corrected chi connectivity index (χ4v) is 2.77. The minimum atomic E-state index is 0.705. The molecule has 2 rings (SSSR count). The first-order chi connectivity index (χ1) is 9.25. The molecule has 0 saturated carbocycles. The molecule has 0 aromatic heterocycles. The molecule has 100 valence electrons. The number of nitrogen functional groups attached to an aromatic ring is 1. The third-order valence-electron chi connectivity index (χ3n) is 2.51. The molecule has 0 heterocycles. The van der Waals surface area contributed by atoms with Crippen molar-refractivity contribution in [1.82, 2.24) is 0 Å². The Morgan fingerprint density at radius 2 is 1.89 bits per heavy atom. The first-order valence-corrected chi connectivity index (χ1v) is 7.48. The molecule has 4 heteroatoms. The van der Waals surface area contributed by atoms with Gasteiger partial charge in [0.15, 0.2) is 0 Å². The third kappa shape index (κ3) is 4.69. The van der Waals surface area contributed by atoms with E-state index in [0.717, 1.165) is 33.5 Å². The highest BCUT2D eigenvalue weighted by atomic mass is 35.5. The summed E-state index contributed by atoms with van der Waals surface area (Å²) in [6.07, 6.45) is 0.963. The van der Waals surface area contributed by atoms with Crippen molar-refractivity contribution in [1.29, 1.82) is 0 Å². The maximum Gasteiger partial charge on any atom is 0.119 e. The number of benzene rings is 2. The number of hydrogen-bond donors (Lipinski definition) is 1. The summed E-state index contributed by atoms with van der Waals surface area (Å²) in [6, 6.07) is 15.4. The quantitative estimate of drug-likeness (QED) is 0.484. The average molecular weight is 294 g/mol. The molecule has 2 nitrogen and oxygen atoms in total. The van der Waals surface area contributed by atoms with Crippen molar-refractivity contribution in [2.75, 3.05) is 18.1 Å². The van der Waals surface area contributed by atoms with Gasteiger partial charge in [-0.1, -0.05) is 29.8 Å². The van der Waals surface area contributed by atoms with Gasteiger partial charge in [-0.25, -0.2) is 0 Å². The number of hydrogen-bond acceptors (Lipinski definition) is 3. The van der Waals surface area contributed by atoms with Gasteiger partial charge in [-0.3, -0.25) is 0 Å². The molecular formula is C15H16ClNOS. The lowest BCUT2D eigenvalue weighted by atomic mass is 10.3. The summed E-state index contributed by atoms with van der Waals surface area (Å²) in [4.78, 5) is 1.03. The van der Waals surface area contributed by atoms with Gasteiger partial charge in [-0.05, 0) is 36.8 Å². The number of nitrogens with two attached hydrogens (primary N) is 1. The van der Waals surface area contributed by atoms with Crippen LogP contribution in [0, 0.1) is 0 Å². The van der Waals surface area contributed by atoms with Crippen LogP contribution in [-0.2, 0) is 0 Å². The van der Waals surface area contributed by atoms with E-state index in [1.165, 1.54) is 0 Å². The van der Waals surface area contributed by atoms with Crippen LogP contribution in [0.5, 0.6) is 5.75 Å². The van der Waals surface area contributed by atoms with E-state index < -0.39 is 0 Å². The maximum atomic E-state index is 6.10. The molecule has 0 saturated heterocycles. The van der Waals surface area contributed by atoms with Crippen molar-refractivity contribution in [3.8, 4) is 5.75 Å². The van der Waals surface area contributed by atoms with Crippen LogP contribution in [-0.4, -0.2) is 12.4 Å².